The van der Waals surface area contributed by atoms with E-state index in [0.29, 0.717) is 13.1 Å². The molecule has 2 aliphatic rings. The molecule has 0 spiro atoms. The van der Waals surface area contributed by atoms with Crippen molar-refractivity contribution in [2.45, 2.75) is 26.7 Å². The van der Waals surface area contributed by atoms with Crippen LogP contribution in [0.5, 0.6) is 0 Å². The molecule has 0 saturated carbocycles. The van der Waals surface area contributed by atoms with Crippen LogP contribution in [-0.2, 0) is 9.59 Å². The maximum atomic E-state index is 12.8. The third-order valence-electron chi connectivity index (χ3n) is 7.14. The van der Waals surface area contributed by atoms with Crippen LogP contribution < -0.4 is 15.1 Å². The largest absolute Gasteiger partial charge is 0.368 e. The number of para-hydroxylation sites is 2. The molecule has 2 aliphatic heterocycles. The number of aryl methyl sites for hydroxylation is 1. The summed E-state index contributed by atoms with van der Waals surface area (Å²) >= 11 is 0. The molecular weight excluding hydrogens is 426 g/mol. The molecule has 0 radical (unpaired) electrons. The van der Waals surface area contributed by atoms with E-state index in [9.17, 15) is 9.59 Å². The van der Waals surface area contributed by atoms with Crippen LogP contribution in [0.15, 0.2) is 42.5 Å². The van der Waals surface area contributed by atoms with Crippen molar-refractivity contribution >= 4 is 28.9 Å². The molecule has 184 valence electrons. The van der Waals surface area contributed by atoms with Gasteiger partial charge in [-0.05, 0) is 50.2 Å². The third kappa shape index (κ3) is 5.70. The highest BCUT2D eigenvalue weighted by atomic mass is 16.2. The number of anilines is 3. The second-order valence-electron chi connectivity index (χ2n) is 9.44. The number of nitrogens with zero attached hydrogens (tertiary/aromatic N) is 4. The zero-order valence-electron chi connectivity index (χ0n) is 20.7. The maximum Gasteiger partial charge on any atom is 0.224 e. The Morgan fingerprint density at radius 2 is 1.41 bits per heavy atom. The molecule has 0 aliphatic carbocycles. The van der Waals surface area contributed by atoms with Gasteiger partial charge in [0.1, 0.15) is 0 Å². The third-order valence-corrected chi connectivity index (χ3v) is 7.14. The number of piperazine rings is 2. The van der Waals surface area contributed by atoms with Gasteiger partial charge in [-0.3, -0.25) is 9.59 Å². The molecule has 2 aromatic carbocycles. The van der Waals surface area contributed by atoms with Crippen molar-refractivity contribution in [1.82, 2.24) is 9.80 Å². The fourth-order valence-corrected chi connectivity index (χ4v) is 4.77. The molecule has 2 saturated heterocycles. The molecule has 0 atom stereocenters. The first-order chi connectivity index (χ1) is 16.4. The average Bonchev–Trinajstić information content (AvgIpc) is 2.85. The summed E-state index contributed by atoms with van der Waals surface area (Å²) in [6.07, 6.45) is 0.444. The van der Waals surface area contributed by atoms with Crippen LogP contribution in [-0.4, -0.2) is 81.0 Å². The number of benzene rings is 2. The number of rotatable bonds is 6. The van der Waals surface area contributed by atoms with Gasteiger partial charge in [0, 0.05) is 72.3 Å². The lowest BCUT2D eigenvalue weighted by Crippen LogP contribution is -2.49. The van der Waals surface area contributed by atoms with Gasteiger partial charge < -0.3 is 24.9 Å². The molecule has 2 fully saturated rings. The Hall–Kier alpha value is -3.06. The first-order valence-electron chi connectivity index (χ1n) is 12.3. The minimum absolute atomic E-state index is 0. The van der Waals surface area contributed by atoms with Gasteiger partial charge in [0.15, 0.2) is 0 Å². The van der Waals surface area contributed by atoms with Gasteiger partial charge in [-0.2, -0.15) is 0 Å². The molecule has 4 rings (SSSR count). The topological polar surface area (TPSA) is 59.1 Å². The van der Waals surface area contributed by atoms with E-state index in [1.165, 1.54) is 16.8 Å². The van der Waals surface area contributed by atoms with Gasteiger partial charge in [0.25, 0.3) is 0 Å². The van der Waals surface area contributed by atoms with Gasteiger partial charge in [0.2, 0.25) is 11.8 Å². The highest BCUT2D eigenvalue weighted by Crippen LogP contribution is 2.27. The van der Waals surface area contributed by atoms with Gasteiger partial charge in [-0.1, -0.05) is 24.3 Å². The zero-order valence-corrected chi connectivity index (χ0v) is 20.7. The van der Waals surface area contributed by atoms with E-state index in [2.05, 4.69) is 65.2 Å². The maximum absolute atomic E-state index is 12.8. The number of likely N-dealkylation sites (N-methyl/N-ethyl adjacent to an activating group) is 1. The first kappa shape index (κ1) is 24.1. The number of carbonyl (C=O) groups is 2. The van der Waals surface area contributed by atoms with Crippen molar-refractivity contribution < 1.29 is 11.0 Å². The molecule has 0 unspecified atom stereocenters. The van der Waals surface area contributed by atoms with Crippen LogP contribution in [0.3, 0.4) is 0 Å². The van der Waals surface area contributed by atoms with Crippen LogP contribution in [0.25, 0.3) is 0 Å². The summed E-state index contributed by atoms with van der Waals surface area (Å²) in [5, 5.41) is 3.04. The minimum Gasteiger partial charge on any atom is -0.368 e. The van der Waals surface area contributed by atoms with Gasteiger partial charge in [-0.15, -0.1) is 0 Å². The number of carbonyl (C=O) groups excluding carboxylic acids is 2. The Balaban J connectivity index is 0.00000342. The van der Waals surface area contributed by atoms with E-state index < -0.39 is 0 Å². The lowest BCUT2D eigenvalue weighted by atomic mass is 10.1. The summed E-state index contributed by atoms with van der Waals surface area (Å²) in [5.41, 5.74) is 5.72. The highest BCUT2D eigenvalue weighted by Gasteiger charge is 2.23. The van der Waals surface area contributed by atoms with Gasteiger partial charge in [-0.25, -0.2) is 0 Å². The Kier molecular flexibility index (Phi) is 7.73. The van der Waals surface area contributed by atoms with Crippen molar-refractivity contribution in [2.24, 2.45) is 0 Å². The second kappa shape index (κ2) is 10.9. The summed E-state index contributed by atoms with van der Waals surface area (Å²) in [4.78, 5) is 34.3. The average molecular weight is 466 g/mol. The van der Waals surface area contributed by atoms with Crippen molar-refractivity contribution in [3.63, 3.8) is 0 Å². The van der Waals surface area contributed by atoms with Crippen LogP contribution in [0, 0.1) is 13.8 Å². The van der Waals surface area contributed by atoms with Crippen LogP contribution in [0.4, 0.5) is 17.1 Å². The highest BCUT2D eigenvalue weighted by molar-refractivity contribution is 5.96. The first-order valence-corrected chi connectivity index (χ1v) is 12.3. The zero-order chi connectivity index (χ0) is 24.1. The van der Waals surface area contributed by atoms with E-state index in [1.807, 2.05) is 23.1 Å². The van der Waals surface area contributed by atoms with Crippen molar-refractivity contribution in [3.8, 4) is 0 Å². The van der Waals surface area contributed by atoms with Gasteiger partial charge >= 0.3 is 0 Å². The normalized spacial score (nSPS) is 17.1. The van der Waals surface area contributed by atoms with E-state index >= 15 is 0 Å². The van der Waals surface area contributed by atoms with Crippen LogP contribution in [0.2, 0.25) is 0 Å². The molecule has 0 bridgehead atoms. The molecular formula is C27H39N5O2. The molecule has 2 amide bonds. The van der Waals surface area contributed by atoms with Crippen molar-refractivity contribution in [2.75, 3.05) is 74.5 Å². The molecule has 2 heterocycles. The fraction of sp³-hybridized carbons (Fsp3) is 0.481. The predicted octanol–water partition coefficient (Wildman–Crippen LogP) is 3.37. The van der Waals surface area contributed by atoms with E-state index in [-0.39, 0.29) is 26.1 Å². The molecule has 2 aromatic rings. The van der Waals surface area contributed by atoms with Gasteiger partial charge in [0.05, 0.1) is 11.4 Å². The number of amides is 2. The lowest BCUT2D eigenvalue weighted by molar-refractivity contribution is -0.133. The summed E-state index contributed by atoms with van der Waals surface area (Å²) < 4.78 is 0. The Morgan fingerprint density at radius 1 is 0.794 bits per heavy atom. The lowest BCUT2D eigenvalue weighted by Gasteiger charge is -2.37. The summed E-state index contributed by atoms with van der Waals surface area (Å²) in [7, 11) is 2.13. The van der Waals surface area contributed by atoms with Crippen molar-refractivity contribution in [1.29, 1.82) is 0 Å². The summed E-state index contributed by atoms with van der Waals surface area (Å²) in [6.45, 7) is 11.2. The Morgan fingerprint density at radius 3 is 2.15 bits per heavy atom. The second-order valence-corrected chi connectivity index (χ2v) is 9.44. The standard InChI is InChI=1S/C27H37N5O2.H2/c1-21-7-6-10-24(22(21)2)30-17-19-32(20-18-30)27(34)12-11-26(33)28-23-8-4-5-9-25(23)31-15-13-29(3)14-16-31;/h4-10H,11-20H2,1-3H3,(H,28,33);1H. The molecule has 1 N–H and O–H groups in total. The Labute approximate surface area is 204 Å². The molecule has 7 heteroatoms. The SMILES string of the molecule is Cc1cccc(N2CCN(C(=O)CCC(=O)Nc3ccccc3N3CCN(C)CC3)CC2)c1C.[HH]. The fourth-order valence-electron chi connectivity index (χ4n) is 4.77. The van der Waals surface area contributed by atoms with E-state index in [4.69, 9.17) is 0 Å². The summed E-state index contributed by atoms with van der Waals surface area (Å²) in [5.74, 6) is -0.0490. The van der Waals surface area contributed by atoms with E-state index in [1.54, 1.807) is 0 Å². The summed E-state index contributed by atoms with van der Waals surface area (Å²) in [6, 6.07) is 14.3. The minimum atomic E-state index is -0.107. The number of nitrogens with one attached hydrogen (secondary N) is 1. The molecule has 7 nitrogen and oxygen atoms in total. The monoisotopic (exact) mass is 465 g/mol. The smallest absolute Gasteiger partial charge is 0.224 e. The quantitative estimate of drug-likeness (QED) is 0.709. The number of hydrogen-bond donors (Lipinski definition) is 1. The van der Waals surface area contributed by atoms with Crippen LogP contribution >= 0.6 is 0 Å². The molecule has 34 heavy (non-hydrogen) atoms. The van der Waals surface area contributed by atoms with E-state index in [0.717, 1.165) is 50.6 Å². The Bertz CT molecular complexity index is 1010. The van der Waals surface area contributed by atoms with Crippen LogP contribution in [0.1, 0.15) is 25.4 Å². The molecule has 0 aromatic heterocycles. The van der Waals surface area contributed by atoms with Crippen molar-refractivity contribution in [3.05, 3.63) is 53.6 Å². The number of hydrogen-bond acceptors (Lipinski definition) is 5. The predicted molar refractivity (Wildman–Crippen MR) is 141 cm³/mol.